The van der Waals surface area contributed by atoms with E-state index < -0.39 is 0 Å². The van der Waals surface area contributed by atoms with Crippen molar-refractivity contribution in [3.05, 3.63) is 0 Å². The van der Waals surface area contributed by atoms with E-state index in [0.717, 1.165) is 31.6 Å². The van der Waals surface area contributed by atoms with E-state index in [1.165, 1.54) is 25.7 Å². The molecule has 0 rings (SSSR count). The molecule has 0 N–H and O–H groups in total. The lowest BCUT2D eigenvalue weighted by molar-refractivity contribution is 0.0223. The predicted molar refractivity (Wildman–Crippen MR) is 84.2 cm³/mol. The molecule has 0 aliphatic rings. The van der Waals surface area contributed by atoms with Crippen LogP contribution < -0.4 is 0 Å². The maximum atomic E-state index is 5.86. The Kier molecular flexibility index (Phi) is 13.6. The molecule has 0 saturated carbocycles. The van der Waals surface area contributed by atoms with Gasteiger partial charge in [0.25, 0.3) is 0 Å². The number of hydrogen-bond donors (Lipinski definition) is 0. The Morgan fingerprint density at radius 1 is 0.895 bits per heavy atom. The van der Waals surface area contributed by atoms with E-state index in [9.17, 15) is 0 Å². The zero-order chi connectivity index (χ0) is 14.4. The average molecular weight is 339 g/mol. The van der Waals surface area contributed by atoms with Crippen LogP contribution in [0.1, 0.15) is 46.0 Å². The van der Waals surface area contributed by atoms with Crippen LogP contribution in [0, 0.1) is 5.41 Å². The Balaban J connectivity index is 3.68. The van der Waals surface area contributed by atoms with Crippen molar-refractivity contribution in [1.29, 1.82) is 0 Å². The van der Waals surface area contributed by atoms with E-state index in [1.54, 1.807) is 7.11 Å². The summed E-state index contributed by atoms with van der Waals surface area (Å²) >= 11 is 3.67. The standard InChI is InChI=1S/C15H31BrO3/c1-4-7-15(13-16,8-5-2)14-19-10-6-9-18-12-11-17-3/h4-14H2,1-3H3. The van der Waals surface area contributed by atoms with Crippen LogP contribution in [0.15, 0.2) is 0 Å². The lowest BCUT2D eigenvalue weighted by atomic mass is 9.82. The van der Waals surface area contributed by atoms with Gasteiger partial charge in [-0.3, -0.25) is 0 Å². The summed E-state index contributed by atoms with van der Waals surface area (Å²) in [6, 6.07) is 0. The van der Waals surface area contributed by atoms with Crippen LogP contribution in [0.25, 0.3) is 0 Å². The van der Waals surface area contributed by atoms with Crippen molar-refractivity contribution in [1.82, 2.24) is 0 Å². The minimum atomic E-state index is 0.320. The van der Waals surface area contributed by atoms with E-state index in [0.29, 0.717) is 18.6 Å². The van der Waals surface area contributed by atoms with Gasteiger partial charge in [0, 0.05) is 31.1 Å². The fourth-order valence-corrected chi connectivity index (χ4v) is 3.02. The van der Waals surface area contributed by atoms with Crippen LogP contribution in [-0.2, 0) is 14.2 Å². The fraction of sp³-hybridized carbons (Fsp3) is 1.00. The highest BCUT2D eigenvalue weighted by Crippen LogP contribution is 2.32. The van der Waals surface area contributed by atoms with Crippen LogP contribution in [-0.4, -0.2) is 45.5 Å². The second-order valence-electron chi connectivity index (χ2n) is 5.14. The van der Waals surface area contributed by atoms with Crippen molar-refractivity contribution >= 4 is 15.9 Å². The number of rotatable bonds is 14. The molecule has 0 aliphatic heterocycles. The third-order valence-electron chi connectivity index (χ3n) is 3.26. The van der Waals surface area contributed by atoms with Gasteiger partial charge >= 0.3 is 0 Å². The van der Waals surface area contributed by atoms with Gasteiger partial charge in [0.2, 0.25) is 0 Å². The first-order valence-electron chi connectivity index (χ1n) is 7.45. The van der Waals surface area contributed by atoms with Crippen LogP contribution >= 0.6 is 15.9 Å². The molecule has 0 heterocycles. The minimum Gasteiger partial charge on any atom is -0.382 e. The Bertz CT molecular complexity index is 182. The first-order valence-corrected chi connectivity index (χ1v) is 8.57. The summed E-state index contributed by atoms with van der Waals surface area (Å²) in [6.07, 6.45) is 5.86. The van der Waals surface area contributed by atoms with Gasteiger partial charge in [-0.2, -0.15) is 0 Å². The second kappa shape index (κ2) is 13.3. The molecule has 0 aromatic heterocycles. The maximum Gasteiger partial charge on any atom is 0.0700 e. The monoisotopic (exact) mass is 338 g/mol. The van der Waals surface area contributed by atoms with E-state index >= 15 is 0 Å². The molecular formula is C15H31BrO3. The maximum absolute atomic E-state index is 5.86. The Morgan fingerprint density at radius 2 is 1.53 bits per heavy atom. The van der Waals surface area contributed by atoms with E-state index in [2.05, 4.69) is 29.8 Å². The number of hydrogen-bond acceptors (Lipinski definition) is 3. The highest BCUT2D eigenvalue weighted by atomic mass is 79.9. The molecule has 0 spiro atoms. The van der Waals surface area contributed by atoms with Gasteiger partial charge in [0.05, 0.1) is 19.8 Å². The summed E-state index contributed by atoms with van der Waals surface area (Å²) in [5.41, 5.74) is 0.320. The quantitative estimate of drug-likeness (QED) is 0.353. The number of methoxy groups -OCH3 is 1. The third kappa shape index (κ3) is 9.83. The molecule has 3 nitrogen and oxygen atoms in total. The van der Waals surface area contributed by atoms with Crippen molar-refractivity contribution in [3.8, 4) is 0 Å². The molecule has 0 fully saturated rings. The molecule has 116 valence electrons. The number of ether oxygens (including phenoxy) is 3. The van der Waals surface area contributed by atoms with Crippen molar-refractivity contribution in [3.63, 3.8) is 0 Å². The molecule has 0 aromatic carbocycles. The van der Waals surface area contributed by atoms with Crippen LogP contribution in [0.4, 0.5) is 0 Å². The van der Waals surface area contributed by atoms with Gasteiger partial charge in [-0.15, -0.1) is 0 Å². The normalized spacial score (nSPS) is 12.0. The van der Waals surface area contributed by atoms with Gasteiger partial charge < -0.3 is 14.2 Å². The summed E-state index contributed by atoms with van der Waals surface area (Å²) in [4.78, 5) is 0. The largest absolute Gasteiger partial charge is 0.382 e. The second-order valence-corrected chi connectivity index (χ2v) is 5.71. The van der Waals surface area contributed by atoms with Crippen LogP contribution in [0.2, 0.25) is 0 Å². The first kappa shape index (κ1) is 19.4. The summed E-state index contributed by atoms with van der Waals surface area (Å²) in [6.45, 7) is 8.24. The third-order valence-corrected chi connectivity index (χ3v) is 4.45. The molecular weight excluding hydrogens is 308 g/mol. The summed E-state index contributed by atoms with van der Waals surface area (Å²) < 4.78 is 16.2. The Morgan fingerprint density at radius 3 is 2.05 bits per heavy atom. The Hall–Kier alpha value is 0.360. The molecule has 0 bridgehead atoms. The molecule has 0 atom stereocenters. The van der Waals surface area contributed by atoms with Gasteiger partial charge in [-0.05, 0) is 19.3 Å². The SMILES string of the molecule is CCCC(CBr)(CCC)COCCCOCCOC. The van der Waals surface area contributed by atoms with E-state index in [-0.39, 0.29) is 0 Å². The molecule has 0 aliphatic carbocycles. The van der Waals surface area contributed by atoms with E-state index in [4.69, 9.17) is 14.2 Å². The average Bonchev–Trinajstić information content (AvgIpc) is 2.42. The van der Waals surface area contributed by atoms with Gasteiger partial charge in [0.1, 0.15) is 0 Å². The number of alkyl halides is 1. The molecule has 0 saturated heterocycles. The van der Waals surface area contributed by atoms with Crippen LogP contribution in [0.3, 0.4) is 0 Å². The first-order chi connectivity index (χ1) is 9.24. The van der Waals surface area contributed by atoms with Gasteiger partial charge in [0.15, 0.2) is 0 Å². The topological polar surface area (TPSA) is 27.7 Å². The highest BCUT2D eigenvalue weighted by Gasteiger charge is 2.27. The summed E-state index contributed by atoms with van der Waals surface area (Å²) in [5, 5.41) is 1.03. The van der Waals surface area contributed by atoms with E-state index in [1.807, 2.05) is 0 Å². The smallest absolute Gasteiger partial charge is 0.0700 e. The molecule has 0 aromatic rings. The highest BCUT2D eigenvalue weighted by molar-refractivity contribution is 9.09. The lowest BCUT2D eigenvalue weighted by Crippen LogP contribution is -2.29. The predicted octanol–water partition coefficient (Wildman–Crippen LogP) is 4.04. The van der Waals surface area contributed by atoms with Gasteiger partial charge in [-0.25, -0.2) is 0 Å². The van der Waals surface area contributed by atoms with Crippen molar-refractivity contribution in [2.24, 2.45) is 5.41 Å². The van der Waals surface area contributed by atoms with Crippen LogP contribution in [0.5, 0.6) is 0 Å². The van der Waals surface area contributed by atoms with Crippen molar-refractivity contribution in [2.45, 2.75) is 46.0 Å². The molecule has 0 amide bonds. The molecule has 0 unspecified atom stereocenters. The molecule has 19 heavy (non-hydrogen) atoms. The minimum absolute atomic E-state index is 0.320. The van der Waals surface area contributed by atoms with Crippen molar-refractivity contribution < 1.29 is 14.2 Å². The summed E-state index contributed by atoms with van der Waals surface area (Å²) in [7, 11) is 1.69. The Labute approximate surface area is 127 Å². The van der Waals surface area contributed by atoms with Crippen molar-refractivity contribution in [2.75, 3.05) is 45.5 Å². The molecule has 4 heteroatoms. The zero-order valence-corrected chi connectivity index (χ0v) is 14.5. The number of halogens is 1. The molecule has 0 radical (unpaired) electrons. The lowest BCUT2D eigenvalue weighted by Gasteiger charge is -2.31. The zero-order valence-electron chi connectivity index (χ0n) is 12.9. The van der Waals surface area contributed by atoms with Gasteiger partial charge in [-0.1, -0.05) is 42.6 Å². The summed E-state index contributed by atoms with van der Waals surface area (Å²) in [5.74, 6) is 0. The fourth-order valence-electron chi connectivity index (χ4n) is 2.30.